The summed E-state index contributed by atoms with van der Waals surface area (Å²) in [5.41, 5.74) is 0. The zero-order valence-corrected chi connectivity index (χ0v) is 49.4. The minimum atomic E-state index is -1.52. The van der Waals surface area contributed by atoms with Crippen LogP contribution in [0.5, 0.6) is 0 Å². The van der Waals surface area contributed by atoms with Crippen LogP contribution >= 0.6 is 0 Å². The van der Waals surface area contributed by atoms with E-state index in [1.807, 2.05) is 21.1 Å². The number of quaternary nitrogens is 1. The Morgan fingerprint density at radius 3 is 1.07 bits per heavy atom. The van der Waals surface area contributed by atoms with E-state index in [0.29, 0.717) is 23.9 Å². The summed E-state index contributed by atoms with van der Waals surface area (Å²) in [5.74, 6) is -2.01. The molecule has 0 rings (SSSR count). The van der Waals surface area contributed by atoms with Crippen molar-refractivity contribution in [3.05, 3.63) is 72.9 Å². The van der Waals surface area contributed by atoms with Crippen LogP contribution < -0.4 is 0 Å². The van der Waals surface area contributed by atoms with E-state index in [1.165, 1.54) is 167 Å². The number of carboxylic acid groups (broad SMARTS) is 1. The number of unbranched alkanes of at least 4 members (excludes halogenated alkanes) is 30. The summed E-state index contributed by atoms with van der Waals surface area (Å²) in [5, 5.41) is 9.72. The van der Waals surface area contributed by atoms with Crippen molar-refractivity contribution in [1.29, 1.82) is 0 Å². The van der Waals surface area contributed by atoms with Crippen LogP contribution in [0, 0.1) is 0 Å². The molecule has 434 valence electrons. The van der Waals surface area contributed by atoms with Crippen LogP contribution in [0.25, 0.3) is 0 Å². The first-order valence-corrected chi connectivity index (χ1v) is 31.1. The quantitative estimate of drug-likeness (QED) is 0.0211. The molecule has 0 bridgehead atoms. The van der Waals surface area contributed by atoms with E-state index < -0.39 is 24.3 Å². The molecule has 0 amide bonds. The second-order valence-corrected chi connectivity index (χ2v) is 22.0. The molecule has 0 aromatic rings. The van der Waals surface area contributed by atoms with Gasteiger partial charge in [-0.25, -0.2) is 4.79 Å². The third-order valence-electron chi connectivity index (χ3n) is 13.4. The van der Waals surface area contributed by atoms with E-state index in [0.717, 1.165) is 70.6 Å². The van der Waals surface area contributed by atoms with Gasteiger partial charge in [0.1, 0.15) is 13.2 Å². The lowest BCUT2D eigenvalue weighted by Gasteiger charge is -2.25. The van der Waals surface area contributed by atoms with Crippen molar-refractivity contribution in [2.24, 2.45) is 0 Å². The van der Waals surface area contributed by atoms with Gasteiger partial charge in [-0.1, -0.05) is 241 Å². The number of esters is 2. The van der Waals surface area contributed by atoms with Gasteiger partial charge in [0.25, 0.3) is 6.29 Å². The summed E-state index contributed by atoms with van der Waals surface area (Å²) in [6.45, 7) is 4.86. The zero-order valence-electron chi connectivity index (χ0n) is 49.4. The largest absolute Gasteiger partial charge is 0.477 e. The Bertz CT molecular complexity index is 1460. The molecule has 2 unspecified atom stereocenters. The van der Waals surface area contributed by atoms with E-state index in [1.54, 1.807) is 0 Å². The molecular formula is C66H118NO8+. The number of likely N-dealkylation sites (N-methyl/N-ethyl adjacent to an activating group) is 1. The van der Waals surface area contributed by atoms with Gasteiger partial charge < -0.3 is 28.5 Å². The fourth-order valence-electron chi connectivity index (χ4n) is 8.62. The van der Waals surface area contributed by atoms with E-state index >= 15 is 0 Å². The molecule has 2 atom stereocenters. The van der Waals surface area contributed by atoms with Crippen molar-refractivity contribution in [3.63, 3.8) is 0 Å². The predicted molar refractivity (Wildman–Crippen MR) is 318 cm³/mol. The molecule has 0 aliphatic rings. The smallest absolute Gasteiger partial charge is 0.361 e. The van der Waals surface area contributed by atoms with Crippen molar-refractivity contribution in [2.75, 3.05) is 47.5 Å². The van der Waals surface area contributed by atoms with Crippen molar-refractivity contribution >= 4 is 17.9 Å². The maximum Gasteiger partial charge on any atom is 0.361 e. The predicted octanol–water partition coefficient (Wildman–Crippen LogP) is 18.6. The Kier molecular flexibility index (Phi) is 54.4. The van der Waals surface area contributed by atoms with E-state index in [9.17, 15) is 19.5 Å². The zero-order chi connectivity index (χ0) is 54.8. The minimum Gasteiger partial charge on any atom is -0.477 e. The third kappa shape index (κ3) is 58.3. The van der Waals surface area contributed by atoms with Gasteiger partial charge in [0.2, 0.25) is 0 Å². The summed E-state index contributed by atoms with van der Waals surface area (Å²) in [4.78, 5) is 37.5. The molecule has 9 heteroatoms. The maximum atomic E-state index is 12.9. The normalized spacial score (nSPS) is 13.2. The Morgan fingerprint density at radius 1 is 0.400 bits per heavy atom. The summed E-state index contributed by atoms with van der Waals surface area (Å²) >= 11 is 0. The molecule has 0 radical (unpaired) electrons. The monoisotopic (exact) mass is 1050 g/mol. The molecule has 1 N–H and O–H groups in total. The highest BCUT2D eigenvalue weighted by Crippen LogP contribution is 2.16. The van der Waals surface area contributed by atoms with Gasteiger partial charge in [-0.05, 0) is 89.9 Å². The second-order valence-electron chi connectivity index (χ2n) is 22.0. The van der Waals surface area contributed by atoms with Crippen LogP contribution in [-0.2, 0) is 33.3 Å². The fourth-order valence-corrected chi connectivity index (χ4v) is 8.62. The van der Waals surface area contributed by atoms with Gasteiger partial charge in [-0.3, -0.25) is 9.59 Å². The number of ether oxygens (including phenoxy) is 4. The van der Waals surface area contributed by atoms with Crippen molar-refractivity contribution in [2.45, 2.75) is 283 Å². The molecule has 0 saturated carbocycles. The molecule has 0 heterocycles. The number of rotatable bonds is 57. The highest BCUT2D eigenvalue weighted by Gasteiger charge is 2.25. The molecule has 0 aliphatic heterocycles. The fraction of sp³-hybridized carbons (Fsp3) is 0.773. The number of carbonyl (C=O) groups excluding carboxylic acids is 2. The Morgan fingerprint density at radius 2 is 0.720 bits per heavy atom. The molecular weight excluding hydrogens is 935 g/mol. The van der Waals surface area contributed by atoms with Gasteiger partial charge in [-0.2, -0.15) is 0 Å². The number of nitrogens with zero attached hydrogens (tertiary/aromatic N) is 1. The van der Waals surface area contributed by atoms with Crippen molar-refractivity contribution < 1.29 is 42.9 Å². The van der Waals surface area contributed by atoms with Crippen LogP contribution in [-0.4, -0.2) is 87.4 Å². The van der Waals surface area contributed by atoms with Gasteiger partial charge in [0, 0.05) is 12.8 Å². The molecule has 75 heavy (non-hydrogen) atoms. The summed E-state index contributed by atoms with van der Waals surface area (Å²) in [6, 6.07) is 0. The van der Waals surface area contributed by atoms with Crippen LogP contribution in [0.2, 0.25) is 0 Å². The van der Waals surface area contributed by atoms with Crippen molar-refractivity contribution in [3.8, 4) is 0 Å². The Balaban J connectivity index is 4.23. The first kappa shape index (κ1) is 71.7. The number of carbonyl (C=O) groups is 3. The van der Waals surface area contributed by atoms with E-state index in [-0.39, 0.29) is 32.2 Å². The lowest BCUT2D eigenvalue weighted by Crippen LogP contribution is -2.40. The summed E-state index contributed by atoms with van der Waals surface area (Å²) in [7, 11) is 5.97. The second kappa shape index (κ2) is 56.9. The molecule has 0 aromatic carbocycles. The van der Waals surface area contributed by atoms with Gasteiger partial charge in [0.05, 0.1) is 34.4 Å². The summed E-state index contributed by atoms with van der Waals surface area (Å²) < 4.78 is 22.9. The first-order chi connectivity index (χ1) is 36.6. The third-order valence-corrected chi connectivity index (χ3v) is 13.4. The molecule has 0 aromatic heterocycles. The topological polar surface area (TPSA) is 108 Å². The van der Waals surface area contributed by atoms with Crippen LogP contribution in [0.1, 0.15) is 271 Å². The van der Waals surface area contributed by atoms with Gasteiger partial charge in [-0.15, -0.1) is 0 Å². The molecule has 0 saturated heterocycles. The minimum absolute atomic E-state index is 0.184. The molecule has 0 aliphatic carbocycles. The average Bonchev–Trinajstić information content (AvgIpc) is 3.38. The number of aliphatic carboxylic acids is 1. The number of carboxylic acids is 1. The lowest BCUT2D eigenvalue weighted by atomic mass is 10.0. The molecule has 0 fully saturated rings. The maximum absolute atomic E-state index is 12.9. The first-order valence-electron chi connectivity index (χ1n) is 31.1. The number of hydrogen-bond donors (Lipinski definition) is 1. The van der Waals surface area contributed by atoms with E-state index in [2.05, 4.69) is 86.8 Å². The van der Waals surface area contributed by atoms with E-state index in [4.69, 9.17) is 18.9 Å². The lowest BCUT2D eigenvalue weighted by molar-refractivity contribution is -0.870. The van der Waals surface area contributed by atoms with Crippen molar-refractivity contribution in [1.82, 2.24) is 0 Å². The van der Waals surface area contributed by atoms with Gasteiger partial charge in [0.15, 0.2) is 6.10 Å². The SMILES string of the molecule is CCCCCCC/C=C\C/C=C\C/C=C\CCCCCCCCCCCCCCC(=O)OC(COC(=O)CCCCCCCCCC/C=C\C/C=C\C/C=C\CCCCCCC)COC(OCC[N+](C)(C)C)C(=O)O. The number of allylic oxidation sites excluding steroid dienone is 12. The van der Waals surface area contributed by atoms with Crippen LogP contribution in [0.3, 0.4) is 0 Å². The molecule has 0 spiro atoms. The Hall–Kier alpha value is -3.27. The highest BCUT2D eigenvalue weighted by molar-refractivity contribution is 5.71. The Labute approximate surface area is 462 Å². The standard InChI is InChI=1S/C66H117NO8/c1-6-8-10-12-14-16-18-20-22-24-26-28-30-31-32-33-35-37-39-41-43-45-47-49-51-53-55-57-64(69)75-62(61-74-66(65(70)71)72-59-58-67(3,4)5)60-73-63(68)56-54-52-50-48-46-44-42-40-38-36-34-29-27-25-23-21-19-17-15-13-11-9-7-2/h18-21,24-27,30-31,34,36,62,66H,6-17,22-23,28-29,32-33,35,37-61H2,1-5H3/p+1/b20-18-,21-19-,26-24-,27-25-,31-30-,36-34-. The van der Waals surface area contributed by atoms with Crippen LogP contribution in [0.15, 0.2) is 72.9 Å². The van der Waals surface area contributed by atoms with Gasteiger partial charge >= 0.3 is 17.9 Å². The number of hydrogen-bond acceptors (Lipinski definition) is 7. The average molecular weight is 1050 g/mol. The van der Waals surface area contributed by atoms with Crippen LogP contribution in [0.4, 0.5) is 0 Å². The highest BCUT2D eigenvalue weighted by atomic mass is 16.7. The summed E-state index contributed by atoms with van der Waals surface area (Å²) in [6.07, 6.45) is 71.2. The molecule has 9 nitrogen and oxygen atoms in total.